The number of aromatic nitrogens is 2. The van der Waals surface area contributed by atoms with Gasteiger partial charge in [-0.05, 0) is 19.1 Å². The zero-order valence-electron chi connectivity index (χ0n) is 10.5. The maximum Gasteiger partial charge on any atom is 0.342 e. The molecule has 0 radical (unpaired) electrons. The molecule has 6 nitrogen and oxygen atoms in total. The summed E-state index contributed by atoms with van der Waals surface area (Å²) < 4.78 is 29.3. The normalized spacial score (nSPS) is 11.3. The van der Waals surface area contributed by atoms with E-state index in [1.54, 1.807) is 37.3 Å². The molecule has 1 aromatic carbocycles. The van der Waals surface area contributed by atoms with E-state index in [-0.39, 0.29) is 12.2 Å². The van der Waals surface area contributed by atoms with E-state index in [9.17, 15) is 13.2 Å². The number of benzene rings is 1. The van der Waals surface area contributed by atoms with Gasteiger partial charge in [0.15, 0.2) is 5.03 Å². The van der Waals surface area contributed by atoms with Gasteiger partial charge in [0.25, 0.3) is 9.05 Å². The number of para-hydroxylation sites is 1. The summed E-state index contributed by atoms with van der Waals surface area (Å²) in [6, 6.07) is 8.49. The van der Waals surface area contributed by atoms with Crippen LogP contribution < -0.4 is 0 Å². The first-order valence-corrected chi connectivity index (χ1v) is 8.01. The molecule has 8 heteroatoms. The first-order chi connectivity index (χ1) is 9.45. The molecule has 0 unspecified atom stereocenters. The van der Waals surface area contributed by atoms with Gasteiger partial charge in [-0.2, -0.15) is 5.10 Å². The molecule has 1 aromatic heterocycles. The molecule has 0 amide bonds. The second-order valence-corrected chi connectivity index (χ2v) is 6.25. The van der Waals surface area contributed by atoms with Crippen LogP contribution in [0.15, 0.2) is 41.6 Å². The quantitative estimate of drug-likeness (QED) is 0.637. The van der Waals surface area contributed by atoms with E-state index in [1.165, 1.54) is 0 Å². The first-order valence-electron chi connectivity index (χ1n) is 5.70. The molecular formula is C12H11ClN2O4S. The number of hydrogen-bond acceptors (Lipinski definition) is 5. The third-order valence-electron chi connectivity index (χ3n) is 2.45. The van der Waals surface area contributed by atoms with Gasteiger partial charge < -0.3 is 4.74 Å². The predicted molar refractivity (Wildman–Crippen MR) is 72.6 cm³/mol. The number of hydrogen-bond donors (Lipinski definition) is 0. The van der Waals surface area contributed by atoms with Gasteiger partial charge >= 0.3 is 5.97 Å². The lowest BCUT2D eigenvalue weighted by atomic mass is 10.3. The van der Waals surface area contributed by atoms with Crippen molar-refractivity contribution < 1.29 is 17.9 Å². The van der Waals surface area contributed by atoms with Gasteiger partial charge in [0, 0.05) is 10.7 Å². The fourth-order valence-electron chi connectivity index (χ4n) is 1.67. The van der Waals surface area contributed by atoms with E-state index in [0.717, 1.165) is 10.9 Å². The molecule has 0 N–H and O–H groups in total. The number of rotatable bonds is 4. The highest BCUT2D eigenvalue weighted by Gasteiger charge is 2.28. The van der Waals surface area contributed by atoms with Crippen molar-refractivity contribution in [1.29, 1.82) is 0 Å². The lowest BCUT2D eigenvalue weighted by Gasteiger charge is -2.06. The smallest absolute Gasteiger partial charge is 0.342 e. The van der Waals surface area contributed by atoms with E-state index in [2.05, 4.69) is 5.10 Å². The van der Waals surface area contributed by atoms with Crippen LogP contribution in [0.4, 0.5) is 0 Å². The van der Waals surface area contributed by atoms with Crippen LogP contribution in [0.2, 0.25) is 0 Å². The summed E-state index contributed by atoms with van der Waals surface area (Å²) in [6.07, 6.45) is 1.13. The van der Waals surface area contributed by atoms with E-state index in [0.29, 0.717) is 5.69 Å². The van der Waals surface area contributed by atoms with E-state index in [1.807, 2.05) is 0 Å². The number of halogens is 1. The van der Waals surface area contributed by atoms with Crippen molar-refractivity contribution in [2.24, 2.45) is 0 Å². The van der Waals surface area contributed by atoms with Gasteiger partial charge in [-0.3, -0.25) is 0 Å². The van der Waals surface area contributed by atoms with E-state index in [4.69, 9.17) is 15.4 Å². The SMILES string of the molecule is CCOC(=O)c1cnn(-c2ccccc2)c1S(=O)(=O)Cl. The summed E-state index contributed by atoms with van der Waals surface area (Å²) >= 11 is 0. The number of ether oxygens (including phenoxy) is 1. The molecular weight excluding hydrogens is 304 g/mol. The zero-order valence-corrected chi connectivity index (χ0v) is 12.1. The van der Waals surface area contributed by atoms with Crippen LogP contribution in [0.3, 0.4) is 0 Å². The van der Waals surface area contributed by atoms with Crippen molar-refractivity contribution in [3.8, 4) is 5.69 Å². The third-order valence-corrected chi connectivity index (χ3v) is 3.75. The number of esters is 1. The van der Waals surface area contributed by atoms with Gasteiger partial charge in [0.05, 0.1) is 18.5 Å². The van der Waals surface area contributed by atoms with Gasteiger partial charge in [0.2, 0.25) is 0 Å². The van der Waals surface area contributed by atoms with Crippen LogP contribution in [0, 0.1) is 0 Å². The van der Waals surface area contributed by atoms with Gasteiger partial charge in [-0.1, -0.05) is 18.2 Å². The first kappa shape index (κ1) is 14.5. The molecule has 1 heterocycles. The highest BCUT2D eigenvalue weighted by molar-refractivity contribution is 8.13. The van der Waals surface area contributed by atoms with Gasteiger partial charge in [-0.15, -0.1) is 0 Å². The highest BCUT2D eigenvalue weighted by atomic mass is 35.7. The van der Waals surface area contributed by atoms with Crippen LogP contribution in [0.5, 0.6) is 0 Å². The van der Waals surface area contributed by atoms with Crippen molar-refractivity contribution in [3.63, 3.8) is 0 Å². The molecule has 20 heavy (non-hydrogen) atoms. The van der Waals surface area contributed by atoms with Crippen molar-refractivity contribution in [3.05, 3.63) is 42.1 Å². The summed E-state index contributed by atoms with van der Waals surface area (Å²) in [5, 5.41) is 3.51. The predicted octanol–water partition coefficient (Wildman–Crippen LogP) is 1.98. The second-order valence-electron chi connectivity index (χ2n) is 3.77. The minimum Gasteiger partial charge on any atom is -0.462 e. The lowest BCUT2D eigenvalue weighted by molar-refractivity contribution is 0.0521. The topological polar surface area (TPSA) is 78.3 Å². The molecule has 0 saturated carbocycles. The van der Waals surface area contributed by atoms with E-state index < -0.39 is 20.0 Å². The average Bonchev–Trinajstić information content (AvgIpc) is 2.84. The molecule has 2 aromatic rings. The maximum absolute atomic E-state index is 11.8. The molecule has 0 spiro atoms. The molecule has 0 fully saturated rings. The Kier molecular flexibility index (Phi) is 4.10. The Labute approximate surface area is 120 Å². The largest absolute Gasteiger partial charge is 0.462 e. The van der Waals surface area contributed by atoms with Gasteiger partial charge in [0.1, 0.15) is 5.56 Å². The zero-order chi connectivity index (χ0) is 14.8. The minimum absolute atomic E-state index is 0.122. The molecule has 0 saturated heterocycles. The molecule has 0 aliphatic carbocycles. The van der Waals surface area contributed by atoms with Crippen LogP contribution in [-0.2, 0) is 13.8 Å². The molecule has 106 valence electrons. The Morgan fingerprint density at radius 2 is 2.00 bits per heavy atom. The Hall–Kier alpha value is -1.86. The summed E-state index contributed by atoms with van der Waals surface area (Å²) in [5.74, 6) is -0.783. The summed E-state index contributed by atoms with van der Waals surface area (Å²) in [7, 11) is 1.25. The average molecular weight is 315 g/mol. The molecule has 2 rings (SSSR count). The fraction of sp³-hybridized carbons (Fsp3) is 0.167. The standard InChI is InChI=1S/C12H11ClN2O4S/c1-2-19-12(16)10-8-14-15(11(10)20(13,17)18)9-6-4-3-5-7-9/h3-8H,2H2,1H3. The molecule has 0 bridgehead atoms. The monoisotopic (exact) mass is 314 g/mol. The van der Waals surface area contributed by atoms with Crippen molar-refractivity contribution in [2.75, 3.05) is 6.61 Å². The number of nitrogens with zero attached hydrogens (tertiary/aromatic N) is 2. The Morgan fingerprint density at radius 3 is 2.55 bits per heavy atom. The Morgan fingerprint density at radius 1 is 1.35 bits per heavy atom. The second kappa shape index (κ2) is 5.64. The fourth-order valence-corrected chi connectivity index (χ4v) is 2.88. The van der Waals surface area contributed by atoms with Crippen molar-refractivity contribution in [2.45, 2.75) is 11.9 Å². The minimum atomic E-state index is -4.16. The number of carbonyl (C=O) groups is 1. The summed E-state index contributed by atoms with van der Waals surface area (Å²) in [4.78, 5) is 11.8. The maximum atomic E-state index is 11.8. The van der Waals surface area contributed by atoms with Crippen LogP contribution in [-0.4, -0.2) is 30.8 Å². The van der Waals surface area contributed by atoms with Gasteiger partial charge in [-0.25, -0.2) is 17.9 Å². The van der Waals surface area contributed by atoms with E-state index >= 15 is 0 Å². The summed E-state index contributed by atoms with van der Waals surface area (Å²) in [5.41, 5.74) is 0.285. The summed E-state index contributed by atoms with van der Waals surface area (Å²) in [6.45, 7) is 1.74. The molecule has 0 aliphatic heterocycles. The third kappa shape index (κ3) is 2.83. The molecule has 0 aliphatic rings. The van der Waals surface area contributed by atoms with Crippen molar-refractivity contribution in [1.82, 2.24) is 9.78 Å². The Bertz CT molecular complexity index is 725. The van der Waals surface area contributed by atoms with Crippen LogP contribution in [0.1, 0.15) is 17.3 Å². The lowest BCUT2D eigenvalue weighted by Crippen LogP contribution is -2.11. The highest BCUT2D eigenvalue weighted by Crippen LogP contribution is 2.24. The molecule has 0 atom stereocenters. The van der Waals surface area contributed by atoms with Crippen molar-refractivity contribution >= 4 is 25.7 Å². The Balaban J connectivity index is 2.64. The number of carbonyl (C=O) groups excluding carboxylic acids is 1. The van der Waals surface area contributed by atoms with Crippen LogP contribution >= 0.6 is 10.7 Å². The van der Waals surface area contributed by atoms with Crippen LogP contribution in [0.25, 0.3) is 5.69 Å².